The van der Waals surface area contributed by atoms with E-state index < -0.39 is 0 Å². The highest BCUT2D eigenvalue weighted by Gasteiger charge is 2.07. The number of aromatic hydroxyl groups is 1. The van der Waals surface area contributed by atoms with Gasteiger partial charge in [-0.25, -0.2) is 0 Å². The molecular weight excluding hydrogens is 222 g/mol. The van der Waals surface area contributed by atoms with E-state index in [0.717, 1.165) is 18.4 Å². The van der Waals surface area contributed by atoms with Crippen molar-refractivity contribution >= 4 is 0 Å². The van der Waals surface area contributed by atoms with Crippen molar-refractivity contribution in [1.29, 1.82) is 0 Å². The van der Waals surface area contributed by atoms with Gasteiger partial charge in [0.25, 0.3) is 0 Å². The second kappa shape index (κ2) is 5.69. The second-order valence-corrected chi connectivity index (χ2v) is 4.76. The van der Waals surface area contributed by atoms with Crippen molar-refractivity contribution in [1.82, 2.24) is 0 Å². The molecule has 1 unspecified atom stereocenters. The van der Waals surface area contributed by atoms with Crippen LogP contribution in [0.25, 0.3) is 0 Å². The Morgan fingerprint density at radius 3 is 2.56 bits per heavy atom. The predicted octanol–water partition coefficient (Wildman–Crippen LogP) is 2.81. The molecule has 0 aliphatic carbocycles. The quantitative estimate of drug-likeness (QED) is 0.864. The topological polar surface area (TPSA) is 46.2 Å². The van der Waals surface area contributed by atoms with Gasteiger partial charge in [0.1, 0.15) is 5.75 Å². The summed E-state index contributed by atoms with van der Waals surface area (Å²) in [5.74, 6) is 0.301. The molecule has 0 aliphatic heterocycles. The van der Waals surface area contributed by atoms with E-state index in [1.807, 2.05) is 24.3 Å². The summed E-state index contributed by atoms with van der Waals surface area (Å²) in [5.41, 5.74) is 9.83. The molecule has 0 amide bonds. The van der Waals surface area contributed by atoms with E-state index >= 15 is 0 Å². The molecule has 0 fully saturated rings. The standard InChI is InChI=1S/C16H19NO/c1-12-5-2-3-7-14(12)11-15(17)9-13-6-4-8-16(18)10-13/h2-8,10,15,18H,9,11,17H2,1H3. The minimum Gasteiger partial charge on any atom is -0.508 e. The van der Waals surface area contributed by atoms with Gasteiger partial charge in [-0.1, -0.05) is 36.4 Å². The van der Waals surface area contributed by atoms with Gasteiger partial charge in [0.15, 0.2) is 0 Å². The number of hydrogen-bond donors (Lipinski definition) is 2. The number of nitrogens with two attached hydrogens (primary N) is 1. The Balaban J connectivity index is 2.01. The van der Waals surface area contributed by atoms with E-state index in [0.29, 0.717) is 5.75 Å². The lowest BCUT2D eigenvalue weighted by molar-refractivity contribution is 0.474. The van der Waals surface area contributed by atoms with E-state index in [-0.39, 0.29) is 6.04 Å². The number of hydrogen-bond acceptors (Lipinski definition) is 2. The summed E-state index contributed by atoms with van der Waals surface area (Å²) in [6.45, 7) is 2.11. The lowest BCUT2D eigenvalue weighted by atomic mass is 9.97. The summed E-state index contributed by atoms with van der Waals surface area (Å²) in [5, 5.41) is 9.42. The molecule has 2 aromatic rings. The molecule has 0 radical (unpaired) electrons. The van der Waals surface area contributed by atoms with Crippen LogP contribution < -0.4 is 5.73 Å². The minimum atomic E-state index is 0.0768. The van der Waals surface area contributed by atoms with Crippen molar-refractivity contribution in [3.8, 4) is 5.75 Å². The number of benzene rings is 2. The second-order valence-electron chi connectivity index (χ2n) is 4.76. The molecule has 2 aromatic carbocycles. The zero-order valence-corrected chi connectivity index (χ0v) is 10.6. The Hall–Kier alpha value is -1.80. The molecule has 0 heterocycles. The van der Waals surface area contributed by atoms with Crippen LogP contribution >= 0.6 is 0 Å². The van der Waals surface area contributed by atoms with Crippen LogP contribution in [0.1, 0.15) is 16.7 Å². The highest BCUT2D eigenvalue weighted by atomic mass is 16.3. The first kappa shape index (κ1) is 12.7. The molecule has 0 aliphatic rings. The first-order chi connectivity index (χ1) is 8.65. The van der Waals surface area contributed by atoms with E-state index in [1.54, 1.807) is 12.1 Å². The first-order valence-electron chi connectivity index (χ1n) is 6.23. The fourth-order valence-electron chi connectivity index (χ4n) is 2.18. The average molecular weight is 241 g/mol. The fraction of sp³-hybridized carbons (Fsp3) is 0.250. The van der Waals surface area contributed by atoms with Crippen molar-refractivity contribution in [3.05, 3.63) is 65.2 Å². The Labute approximate surface area is 108 Å². The normalized spacial score (nSPS) is 12.3. The van der Waals surface area contributed by atoms with Crippen molar-refractivity contribution in [2.45, 2.75) is 25.8 Å². The number of phenolic OH excluding ortho intramolecular Hbond substituents is 1. The van der Waals surface area contributed by atoms with E-state index in [9.17, 15) is 5.11 Å². The third-order valence-corrected chi connectivity index (χ3v) is 3.15. The molecule has 2 rings (SSSR count). The molecule has 2 nitrogen and oxygen atoms in total. The van der Waals surface area contributed by atoms with Gasteiger partial charge < -0.3 is 10.8 Å². The van der Waals surface area contributed by atoms with E-state index in [2.05, 4.69) is 19.1 Å². The van der Waals surface area contributed by atoms with Gasteiger partial charge in [-0.3, -0.25) is 0 Å². The molecule has 0 bridgehead atoms. The molecule has 94 valence electrons. The van der Waals surface area contributed by atoms with Crippen molar-refractivity contribution in [3.63, 3.8) is 0 Å². The highest BCUT2D eigenvalue weighted by Crippen LogP contribution is 2.15. The summed E-state index contributed by atoms with van der Waals surface area (Å²) >= 11 is 0. The lowest BCUT2D eigenvalue weighted by Gasteiger charge is -2.13. The molecule has 3 N–H and O–H groups in total. The third-order valence-electron chi connectivity index (χ3n) is 3.15. The molecule has 18 heavy (non-hydrogen) atoms. The third kappa shape index (κ3) is 3.34. The van der Waals surface area contributed by atoms with Crippen molar-refractivity contribution in [2.24, 2.45) is 5.73 Å². The van der Waals surface area contributed by atoms with Gasteiger partial charge in [0.2, 0.25) is 0 Å². The van der Waals surface area contributed by atoms with Gasteiger partial charge in [-0.15, -0.1) is 0 Å². The van der Waals surface area contributed by atoms with E-state index in [4.69, 9.17) is 5.73 Å². The molecule has 1 atom stereocenters. The molecule has 0 spiro atoms. The molecule has 0 saturated heterocycles. The summed E-state index contributed by atoms with van der Waals surface area (Å²) in [6, 6.07) is 15.7. The molecule has 0 saturated carbocycles. The maximum Gasteiger partial charge on any atom is 0.115 e. The Bertz CT molecular complexity index is 522. The highest BCUT2D eigenvalue weighted by molar-refractivity contribution is 5.29. The summed E-state index contributed by atoms with van der Waals surface area (Å²) < 4.78 is 0. The fourth-order valence-corrected chi connectivity index (χ4v) is 2.18. The summed E-state index contributed by atoms with van der Waals surface area (Å²) in [7, 11) is 0. The first-order valence-corrected chi connectivity index (χ1v) is 6.23. The largest absolute Gasteiger partial charge is 0.508 e. The Morgan fingerprint density at radius 1 is 1.06 bits per heavy atom. The zero-order valence-electron chi connectivity index (χ0n) is 10.6. The van der Waals surface area contributed by atoms with Crippen LogP contribution in [-0.4, -0.2) is 11.1 Å². The summed E-state index contributed by atoms with van der Waals surface area (Å²) in [4.78, 5) is 0. The lowest BCUT2D eigenvalue weighted by Crippen LogP contribution is -2.25. The van der Waals surface area contributed by atoms with Crippen LogP contribution in [0, 0.1) is 6.92 Å². The van der Waals surface area contributed by atoms with Gasteiger partial charge in [0, 0.05) is 6.04 Å². The van der Waals surface area contributed by atoms with Crippen LogP contribution in [0.5, 0.6) is 5.75 Å². The number of aryl methyl sites for hydroxylation is 1. The molecular formula is C16H19NO. The van der Waals surface area contributed by atoms with Crippen LogP contribution in [0.2, 0.25) is 0 Å². The van der Waals surface area contributed by atoms with Crippen LogP contribution in [0.15, 0.2) is 48.5 Å². The number of rotatable bonds is 4. The minimum absolute atomic E-state index is 0.0768. The SMILES string of the molecule is Cc1ccccc1CC(N)Cc1cccc(O)c1. The van der Waals surface area contributed by atoms with Gasteiger partial charge in [-0.05, 0) is 48.6 Å². The van der Waals surface area contributed by atoms with Gasteiger partial charge in [-0.2, -0.15) is 0 Å². The van der Waals surface area contributed by atoms with Gasteiger partial charge >= 0.3 is 0 Å². The van der Waals surface area contributed by atoms with Crippen molar-refractivity contribution in [2.75, 3.05) is 0 Å². The monoisotopic (exact) mass is 241 g/mol. The van der Waals surface area contributed by atoms with Crippen molar-refractivity contribution < 1.29 is 5.11 Å². The predicted molar refractivity (Wildman–Crippen MR) is 74.7 cm³/mol. The zero-order chi connectivity index (χ0) is 13.0. The summed E-state index contributed by atoms with van der Waals surface area (Å²) in [6.07, 6.45) is 1.64. The number of phenols is 1. The molecule has 2 heteroatoms. The maximum atomic E-state index is 9.42. The van der Waals surface area contributed by atoms with Gasteiger partial charge in [0.05, 0.1) is 0 Å². The van der Waals surface area contributed by atoms with Crippen LogP contribution in [0.3, 0.4) is 0 Å². The van der Waals surface area contributed by atoms with Crippen LogP contribution in [0.4, 0.5) is 0 Å². The Kier molecular flexibility index (Phi) is 4.00. The van der Waals surface area contributed by atoms with E-state index in [1.165, 1.54) is 11.1 Å². The average Bonchev–Trinajstić information content (AvgIpc) is 2.32. The smallest absolute Gasteiger partial charge is 0.115 e. The Morgan fingerprint density at radius 2 is 1.83 bits per heavy atom. The van der Waals surface area contributed by atoms with Crippen LogP contribution in [-0.2, 0) is 12.8 Å². The molecule has 0 aromatic heterocycles. The maximum absolute atomic E-state index is 9.42.